The molecule has 0 nitrogen and oxygen atoms in total. The van der Waals surface area contributed by atoms with E-state index in [1.165, 1.54) is 66.1 Å². The van der Waals surface area contributed by atoms with Gasteiger partial charge in [-0.15, -0.1) is 0 Å². The zero-order valence-electron chi connectivity index (χ0n) is 25.1. The number of hydrogen-bond donors (Lipinski definition) is 0. The summed E-state index contributed by atoms with van der Waals surface area (Å²) in [6, 6.07) is 63.9. The third kappa shape index (κ3) is 3.94. The lowest BCUT2D eigenvalue weighted by molar-refractivity contribution is 0.768. The molecule has 0 N–H and O–H groups in total. The van der Waals surface area contributed by atoms with Crippen molar-refractivity contribution in [1.29, 1.82) is 0 Å². The highest BCUT2D eigenvalue weighted by Crippen LogP contribution is 2.57. The summed E-state index contributed by atoms with van der Waals surface area (Å²) in [5, 5.41) is 5.73. The van der Waals surface area contributed by atoms with Gasteiger partial charge in [-0.3, -0.25) is 0 Å². The van der Waals surface area contributed by atoms with Crippen LogP contribution in [-0.4, -0.2) is 0 Å². The average molecular weight is 605 g/mol. The zero-order chi connectivity index (χ0) is 30.7. The van der Waals surface area contributed by atoms with Gasteiger partial charge in [0.15, 0.2) is 0 Å². The summed E-state index contributed by atoms with van der Waals surface area (Å²) in [6.45, 7) is 0. The fraction of sp³-hybridized carbons (Fsp3) is 0.0222. The fourth-order valence-corrected chi connectivity index (χ4v) is 8.06. The van der Waals surface area contributed by atoms with Crippen molar-refractivity contribution in [2.75, 3.05) is 0 Å². The number of halogens is 1. The molecule has 0 fully saturated rings. The smallest absolute Gasteiger partial charge is 0.0713 e. The minimum atomic E-state index is -0.418. The van der Waals surface area contributed by atoms with Crippen molar-refractivity contribution in [3.8, 4) is 33.4 Å². The Bertz CT molecular complexity index is 2380. The number of rotatable bonds is 4. The predicted molar refractivity (Wildman–Crippen MR) is 195 cm³/mol. The Labute approximate surface area is 274 Å². The van der Waals surface area contributed by atoms with Crippen LogP contribution in [0.5, 0.6) is 0 Å². The van der Waals surface area contributed by atoms with E-state index in [1.807, 2.05) is 6.07 Å². The van der Waals surface area contributed by atoms with Crippen molar-refractivity contribution in [3.05, 3.63) is 203 Å². The highest BCUT2D eigenvalue weighted by molar-refractivity contribution is 6.31. The van der Waals surface area contributed by atoms with Crippen LogP contribution in [-0.2, 0) is 5.41 Å². The highest BCUT2D eigenvalue weighted by atomic mass is 35.5. The molecule has 0 atom stereocenters. The molecule has 0 aromatic heterocycles. The van der Waals surface area contributed by atoms with E-state index in [2.05, 4.69) is 170 Å². The maximum Gasteiger partial charge on any atom is 0.0713 e. The van der Waals surface area contributed by atoms with E-state index in [9.17, 15) is 0 Å². The first-order valence-electron chi connectivity index (χ1n) is 15.8. The lowest BCUT2D eigenvalue weighted by Crippen LogP contribution is -2.28. The summed E-state index contributed by atoms with van der Waals surface area (Å²) in [7, 11) is 0. The van der Waals surface area contributed by atoms with Crippen LogP contribution >= 0.6 is 11.6 Å². The standard InChI is InChI=1S/C45H29Cl/c46-34-24-25-38(41-27-30-13-7-8-18-35(30)36-19-9-10-20-37(36)41)40(29-34)31-23-26-44-42(28-31)39-21-11-12-22-43(39)45(44,32-14-3-1-4-15-32)33-16-5-2-6-17-33/h1-29H. The van der Waals surface area contributed by atoms with Crippen molar-refractivity contribution in [1.82, 2.24) is 0 Å². The van der Waals surface area contributed by atoms with Crippen LogP contribution in [0.15, 0.2) is 176 Å². The maximum atomic E-state index is 6.77. The lowest BCUT2D eigenvalue weighted by atomic mass is 9.67. The van der Waals surface area contributed by atoms with E-state index >= 15 is 0 Å². The summed E-state index contributed by atoms with van der Waals surface area (Å²) in [6.07, 6.45) is 0. The Morgan fingerprint density at radius 3 is 1.72 bits per heavy atom. The summed E-state index contributed by atoms with van der Waals surface area (Å²) in [4.78, 5) is 0. The van der Waals surface area contributed by atoms with Crippen molar-refractivity contribution < 1.29 is 0 Å². The normalized spacial score (nSPS) is 13.1. The summed E-state index contributed by atoms with van der Waals surface area (Å²) in [5.74, 6) is 0. The van der Waals surface area contributed by atoms with Crippen molar-refractivity contribution in [3.63, 3.8) is 0 Å². The van der Waals surface area contributed by atoms with Gasteiger partial charge in [-0.05, 0) is 101 Å². The van der Waals surface area contributed by atoms with Gasteiger partial charge in [0.25, 0.3) is 0 Å². The Morgan fingerprint density at radius 2 is 0.957 bits per heavy atom. The van der Waals surface area contributed by atoms with E-state index in [0.29, 0.717) is 0 Å². The molecule has 0 unspecified atom stereocenters. The lowest BCUT2D eigenvalue weighted by Gasteiger charge is -2.33. The topological polar surface area (TPSA) is 0 Å². The van der Waals surface area contributed by atoms with Gasteiger partial charge in [-0.1, -0.05) is 163 Å². The summed E-state index contributed by atoms with van der Waals surface area (Å²) >= 11 is 6.77. The molecular weight excluding hydrogens is 576 g/mol. The monoisotopic (exact) mass is 604 g/mol. The minimum Gasteiger partial charge on any atom is -0.0843 e. The zero-order valence-corrected chi connectivity index (χ0v) is 25.9. The van der Waals surface area contributed by atoms with E-state index in [-0.39, 0.29) is 0 Å². The molecule has 0 aliphatic heterocycles. The molecule has 1 aliphatic carbocycles. The molecule has 9 rings (SSSR count). The summed E-state index contributed by atoms with van der Waals surface area (Å²) in [5.41, 5.74) is 11.9. The molecule has 0 amide bonds. The van der Waals surface area contributed by atoms with E-state index in [4.69, 9.17) is 11.6 Å². The molecule has 1 aliphatic rings. The van der Waals surface area contributed by atoms with E-state index in [1.54, 1.807) is 0 Å². The fourth-order valence-electron chi connectivity index (χ4n) is 7.88. The van der Waals surface area contributed by atoms with Gasteiger partial charge >= 0.3 is 0 Å². The van der Waals surface area contributed by atoms with Crippen LogP contribution in [0.1, 0.15) is 22.3 Å². The molecule has 0 saturated heterocycles. The summed E-state index contributed by atoms with van der Waals surface area (Å²) < 4.78 is 0. The maximum absolute atomic E-state index is 6.77. The molecular formula is C45H29Cl. The van der Waals surface area contributed by atoms with Crippen LogP contribution in [0.2, 0.25) is 5.02 Å². The van der Waals surface area contributed by atoms with Crippen molar-refractivity contribution in [2.24, 2.45) is 0 Å². The first-order chi connectivity index (χ1) is 22.7. The Hall–Kier alpha value is -5.43. The average Bonchev–Trinajstić information content (AvgIpc) is 3.42. The molecule has 1 heteroatoms. The number of hydrogen-bond acceptors (Lipinski definition) is 0. The second kappa shape index (κ2) is 10.6. The van der Waals surface area contributed by atoms with Crippen LogP contribution in [0, 0.1) is 0 Å². The van der Waals surface area contributed by atoms with Crippen LogP contribution < -0.4 is 0 Å². The molecule has 0 saturated carbocycles. The van der Waals surface area contributed by atoms with Gasteiger partial charge in [0.05, 0.1) is 5.41 Å². The molecule has 46 heavy (non-hydrogen) atoms. The van der Waals surface area contributed by atoms with Gasteiger partial charge in [-0.25, -0.2) is 0 Å². The van der Waals surface area contributed by atoms with Gasteiger partial charge in [-0.2, -0.15) is 0 Å². The minimum absolute atomic E-state index is 0.418. The first kappa shape index (κ1) is 26.9. The quantitative estimate of drug-likeness (QED) is 0.175. The molecule has 216 valence electrons. The second-order valence-corrected chi connectivity index (χ2v) is 12.6. The predicted octanol–water partition coefficient (Wildman–Crippen LogP) is 12.3. The number of benzene rings is 8. The number of fused-ring (bicyclic) bond motifs is 6. The molecule has 0 bridgehead atoms. The molecule has 8 aromatic carbocycles. The molecule has 0 radical (unpaired) electrons. The third-order valence-electron chi connectivity index (χ3n) is 9.81. The first-order valence-corrected chi connectivity index (χ1v) is 16.2. The largest absolute Gasteiger partial charge is 0.0843 e. The van der Waals surface area contributed by atoms with Crippen LogP contribution in [0.25, 0.3) is 54.9 Å². The van der Waals surface area contributed by atoms with E-state index < -0.39 is 5.41 Å². The van der Waals surface area contributed by atoms with Gasteiger partial charge < -0.3 is 0 Å². The Kier molecular flexibility index (Phi) is 6.20. The van der Waals surface area contributed by atoms with Crippen molar-refractivity contribution in [2.45, 2.75) is 5.41 Å². The molecule has 8 aromatic rings. The van der Waals surface area contributed by atoms with Crippen LogP contribution in [0.4, 0.5) is 0 Å². The van der Waals surface area contributed by atoms with Gasteiger partial charge in [0.2, 0.25) is 0 Å². The van der Waals surface area contributed by atoms with Gasteiger partial charge in [0, 0.05) is 5.02 Å². The van der Waals surface area contributed by atoms with E-state index in [0.717, 1.165) is 16.1 Å². The van der Waals surface area contributed by atoms with Crippen molar-refractivity contribution >= 4 is 33.1 Å². The molecule has 0 heterocycles. The highest BCUT2D eigenvalue weighted by Gasteiger charge is 2.45. The molecule has 0 spiro atoms. The second-order valence-electron chi connectivity index (χ2n) is 12.2. The van der Waals surface area contributed by atoms with Crippen LogP contribution in [0.3, 0.4) is 0 Å². The third-order valence-corrected chi connectivity index (χ3v) is 10.0. The SMILES string of the molecule is Clc1ccc(-c2cc3ccccc3c3ccccc23)c(-c2ccc3c(c2)-c2ccccc2C3(c2ccccc2)c2ccccc2)c1. The Morgan fingerprint density at radius 1 is 0.348 bits per heavy atom. The Balaban J connectivity index is 1.32. The van der Waals surface area contributed by atoms with Gasteiger partial charge in [0.1, 0.15) is 0 Å².